The minimum atomic E-state index is -4.52. The van der Waals surface area contributed by atoms with Crippen molar-refractivity contribution in [2.24, 2.45) is 0 Å². The summed E-state index contributed by atoms with van der Waals surface area (Å²) in [5, 5.41) is 2.99. The average Bonchev–Trinajstić information content (AvgIpc) is 2.95. The fourth-order valence-electron chi connectivity index (χ4n) is 6.28. The summed E-state index contributed by atoms with van der Waals surface area (Å²) in [6, 6.07) is 4.07. The van der Waals surface area contributed by atoms with Crippen LogP contribution in [0.1, 0.15) is 71.0 Å². The van der Waals surface area contributed by atoms with Gasteiger partial charge in [0.25, 0.3) is 5.91 Å². The first-order valence-electron chi connectivity index (χ1n) is 14.7. The molecule has 2 aliphatic rings. The predicted molar refractivity (Wildman–Crippen MR) is 163 cm³/mol. The number of rotatable bonds is 8. The highest BCUT2D eigenvalue weighted by Crippen LogP contribution is 2.35. The van der Waals surface area contributed by atoms with Crippen molar-refractivity contribution in [1.29, 1.82) is 0 Å². The number of likely N-dealkylation sites (tertiary alicyclic amines) is 2. The molecular formula is C30H41ClF3N5O3S. The van der Waals surface area contributed by atoms with E-state index in [4.69, 9.17) is 16.6 Å². The summed E-state index contributed by atoms with van der Waals surface area (Å²) in [5.41, 5.74) is 3.28. The summed E-state index contributed by atoms with van der Waals surface area (Å²) >= 11 is 5.92. The van der Waals surface area contributed by atoms with Gasteiger partial charge in [-0.15, -0.1) is 0 Å². The quantitative estimate of drug-likeness (QED) is 0.409. The molecule has 1 aromatic heterocycles. The van der Waals surface area contributed by atoms with E-state index in [1.807, 2.05) is 25.7 Å². The average molecular weight is 644 g/mol. The Labute approximate surface area is 257 Å². The summed E-state index contributed by atoms with van der Waals surface area (Å²) in [6.07, 6.45) is 0.661. The third-order valence-electron chi connectivity index (χ3n) is 8.92. The van der Waals surface area contributed by atoms with Gasteiger partial charge in [0.15, 0.2) is 0 Å². The Kier molecular flexibility index (Phi) is 10.4. The van der Waals surface area contributed by atoms with Crippen LogP contribution in [-0.4, -0.2) is 85.0 Å². The number of carbonyl (C=O) groups is 1. The van der Waals surface area contributed by atoms with Crippen LogP contribution in [0.3, 0.4) is 0 Å². The number of sulfonamides is 1. The smallest absolute Gasteiger partial charge is 0.380 e. The van der Waals surface area contributed by atoms with Gasteiger partial charge in [-0.25, -0.2) is 17.7 Å². The zero-order valence-corrected chi connectivity index (χ0v) is 27.0. The topological polar surface area (TPSA) is 85.9 Å². The van der Waals surface area contributed by atoms with Crippen LogP contribution in [0.15, 0.2) is 18.2 Å². The molecule has 4 rings (SSSR count). The lowest BCUT2D eigenvalue weighted by Crippen LogP contribution is -2.52. The van der Waals surface area contributed by atoms with E-state index >= 15 is 0 Å². The molecule has 43 heavy (non-hydrogen) atoms. The van der Waals surface area contributed by atoms with Crippen LogP contribution in [0, 0.1) is 13.8 Å². The largest absolute Gasteiger partial charge is 0.417 e. The van der Waals surface area contributed by atoms with Crippen LogP contribution in [0.25, 0.3) is 0 Å². The maximum absolute atomic E-state index is 13.7. The lowest BCUT2D eigenvalue weighted by molar-refractivity contribution is -0.137. The van der Waals surface area contributed by atoms with Crippen molar-refractivity contribution in [3.8, 4) is 0 Å². The number of alkyl halides is 3. The molecule has 8 nitrogen and oxygen atoms in total. The molecule has 238 valence electrons. The number of nitrogens with zero attached hydrogens (tertiary/aromatic N) is 4. The van der Waals surface area contributed by atoms with Crippen molar-refractivity contribution in [2.75, 3.05) is 44.8 Å². The molecule has 2 aromatic rings. The number of nitrogens with one attached hydrogen (secondary N) is 1. The SMILES string of the molecule is CCc1c(C)nc(C(=O)N2CCC(N3CCC(N(C)S(C)(=O)=O)CC3)CC2)c(C)c1NCc1ccc(C(F)(F)F)c(Cl)c1. The Morgan fingerprint density at radius 3 is 2.28 bits per heavy atom. The number of hydrogen-bond acceptors (Lipinski definition) is 6. The van der Waals surface area contributed by atoms with Crippen molar-refractivity contribution in [1.82, 2.24) is 19.1 Å². The summed E-state index contributed by atoms with van der Waals surface area (Å²) in [4.78, 5) is 22.7. The van der Waals surface area contributed by atoms with Crippen LogP contribution >= 0.6 is 11.6 Å². The van der Waals surface area contributed by atoms with E-state index in [-0.39, 0.29) is 23.5 Å². The molecule has 0 unspecified atom stereocenters. The Bertz CT molecular complexity index is 1440. The van der Waals surface area contributed by atoms with Crippen molar-refractivity contribution < 1.29 is 26.4 Å². The zero-order valence-electron chi connectivity index (χ0n) is 25.4. The standard InChI is InChI=1S/C30H41ClF3N5O3S/c1-6-24-20(3)36-28(19(2)27(24)35-18-21-7-8-25(26(31)17-21)30(32,33)34)29(40)39-15-11-23(12-16-39)38-13-9-22(10-14-38)37(4)43(5,41)42/h7-8,17,22-23H,6,9-16,18H2,1-5H3,(H,35,36). The Hall–Kier alpha value is -2.41. The van der Waals surface area contributed by atoms with Gasteiger partial charge in [-0.1, -0.05) is 24.6 Å². The molecule has 2 fully saturated rings. The molecule has 13 heteroatoms. The fraction of sp³-hybridized carbons (Fsp3) is 0.600. The molecule has 0 aliphatic carbocycles. The molecular weight excluding hydrogens is 603 g/mol. The number of benzene rings is 1. The molecule has 2 aliphatic heterocycles. The third kappa shape index (κ3) is 7.64. The summed E-state index contributed by atoms with van der Waals surface area (Å²) in [7, 11) is -1.56. The Balaban J connectivity index is 1.42. The minimum Gasteiger partial charge on any atom is -0.380 e. The van der Waals surface area contributed by atoms with Gasteiger partial charge in [-0.3, -0.25) is 4.79 Å². The number of pyridine rings is 1. The molecule has 1 N–H and O–H groups in total. The lowest BCUT2D eigenvalue weighted by Gasteiger charge is -2.43. The second-order valence-corrected chi connectivity index (χ2v) is 14.1. The van der Waals surface area contributed by atoms with E-state index in [0.29, 0.717) is 42.4 Å². The van der Waals surface area contributed by atoms with Gasteiger partial charge in [-0.2, -0.15) is 13.2 Å². The number of anilines is 1. The van der Waals surface area contributed by atoms with Crippen molar-refractivity contribution in [2.45, 2.75) is 77.7 Å². The molecule has 0 spiro atoms. The van der Waals surface area contributed by atoms with Gasteiger partial charge in [0.2, 0.25) is 10.0 Å². The zero-order chi connectivity index (χ0) is 31.7. The summed E-state index contributed by atoms with van der Waals surface area (Å²) < 4.78 is 64.7. The van der Waals surface area contributed by atoms with Gasteiger partial charge < -0.3 is 15.1 Å². The van der Waals surface area contributed by atoms with E-state index in [1.165, 1.54) is 22.7 Å². The third-order valence-corrected chi connectivity index (χ3v) is 10.6. The van der Waals surface area contributed by atoms with Gasteiger partial charge in [0, 0.05) is 55.7 Å². The number of aromatic nitrogens is 1. The number of carbonyl (C=O) groups excluding carboxylic acids is 1. The van der Waals surface area contributed by atoms with Gasteiger partial charge in [-0.05, 0) is 82.3 Å². The van der Waals surface area contributed by atoms with Crippen molar-refractivity contribution in [3.63, 3.8) is 0 Å². The van der Waals surface area contributed by atoms with E-state index < -0.39 is 21.8 Å². The highest BCUT2D eigenvalue weighted by molar-refractivity contribution is 7.88. The van der Waals surface area contributed by atoms with E-state index in [1.54, 1.807) is 7.05 Å². The van der Waals surface area contributed by atoms with Crippen molar-refractivity contribution in [3.05, 3.63) is 56.9 Å². The van der Waals surface area contributed by atoms with Crippen molar-refractivity contribution >= 4 is 33.2 Å². The Morgan fingerprint density at radius 1 is 1.12 bits per heavy atom. The van der Waals surface area contributed by atoms with E-state index in [9.17, 15) is 26.4 Å². The fourth-order valence-corrected chi connectivity index (χ4v) is 7.35. The first-order valence-corrected chi connectivity index (χ1v) is 16.9. The van der Waals surface area contributed by atoms with Crippen LogP contribution in [0.5, 0.6) is 0 Å². The number of piperidine rings is 2. The maximum atomic E-state index is 13.7. The maximum Gasteiger partial charge on any atom is 0.417 e. The highest BCUT2D eigenvalue weighted by Gasteiger charge is 2.34. The number of aryl methyl sites for hydroxylation is 1. The first-order chi connectivity index (χ1) is 20.1. The molecule has 0 atom stereocenters. The van der Waals surface area contributed by atoms with Gasteiger partial charge in [0.1, 0.15) is 5.69 Å². The summed E-state index contributed by atoms with van der Waals surface area (Å²) in [5.74, 6) is -0.129. The molecule has 0 bridgehead atoms. The minimum absolute atomic E-state index is 0.0235. The monoisotopic (exact) mass is 643 g/mol. The van der Waals surface area contributed by atoms with E-state index in [2.05, 4.69) is 10.2 Å². The molecule has 0 saturated carbocycles. The Morgan fingerprint density at radius 2 is 1.74 bits per heavy atom. The number of amides is 1. The van der Waals surface area contributed by atoms with Crippen LogP contribution < -0.4 is 5.32 Å². The number of hydrogen-bond donors (Lipinski definition) is 1. The normalized spacial score (nSPS) is 18.0. The van der Waals surface area contributed by atoms with Gasteiger partial charge in [0.05, 0.1) is 16.8 Å². The molecule has 1 amide bonds. The van der Waals surface area contributed by atoms with E-state index in [0.717, 1.165) is 61.8 Å². The van der Waals surface area contributed by atoms with Crippen LogP contribution in [-0.2, 0) is 29.2 Å². The second-order valence-electron chi connectivity index (χ2n) is 11.6. The lowest BCUT2D eigenvalue weighted by atomic mass is 9.97. The highest BCUT2D eigenvalue weighted by atomic mass is 35.5. The van der Waals surface area contributed by atoms with Gasteiger partial charge >= 0.3 is 6.18 Å². The predicted octanol–water partition coefficient (Wildman–Crippen LogP) is 5.51. The summed E-state index contributed by atoms with van der Waals surface area (Å²) in [6.45, 7) is 8.84. The van der Waals surface area contributed by atoms with Crippen LogP contribution in [0.2, 0.25) is 5.02 Å². The first kappa shape index (κ1) is 33.5. The molecule has 3 heterocycles. The molecule has 1 aromatic carbocycles. The molecule has 0 radical (unpaired) electrons. The molecule has 2 saturated heterocycles. The second kappa shape index (κ2) is 13.3. The number of halogens is 4. The van der Waals surface area contributed by atoms with Crippen LogP contribution in [0.4, 0.5) is 18.9 Å².